The van der Waals surface area contributed by atoms with Crippen LogP contribution >= 0.6 is 0 Å². The molecule has 0 N–H and O–H groups in total. The van der Waals surface area contributed by atoms with Crippen molar-refractivity contribution in [3.05, 3.63) is 54.1 Å². The van der Waals surface area contributed by atoms with Gasteiger partial charge in [-0.05, 0) is 30.3 Å². The first-order valence-electron chi connectivity index (χ1n) is 8.32. The van der Waals surface area contributed by atoms with E-state index < -0.39 is 5.97 Å². The van der Waals surface area contributed by atoms with Gasteiger partial charge in [-0.25, -0.2) is 4.79 Å². The molecule has 7 heteroatoms. The molecule has 0 spiro atoms. The van der Waals surface area contributed by atoms with Crippen molar-refractivity contribution >= 4 is 11.9 Å². The van der Waals surface area contributed by atoms with Crippen LogP contribution in [0.4, 0.5) is 0 Å². The van der Waals surface area contributed by atoms with Crippen molar-refractivity contribution in [1.29, 1.82) is 0 Å². The van der Waals surface area contributed by atoms with E-state index in [0.29, 0.717) is 23.8 Å². The van der Waals surface area contributed by atoms with Crippen molar-refractivity contribution in [3.8, 4) is 17.2 Å². The van der Waals surface area contributed by atoms with Crippen LogP contribution in [0.2, 0.25) is 0 Å². The second-order valence-corrected chi connectivity index (χ2v) is 5.69. The van der Waals surface area contributed by atoms with Crippen molar-refractivity contribution in [3.63, 3.8) is 0 Å². The van der Waals surface area contributed by atoms with Gasteiger partial charge in [0.2, 0.25) is 0 Å². The van der Waals surface area contributed by atoms with Gasteiger partial charge in [0.15, 0.2) is 13.2 Å². The Hall–Kier alpha value is -3.22. The number of carbonyl (C=O) groups excluding carboxylic acids is 2. The van der Waals surface area contributed by atoms with E-state index in [4.69, 9.17) is 18.9 Å². The minimum atomic E-state index is -0.621. The van der Waals surface area contributed by atoms with Crippen molar-refractivity contribution < 1.29 is 28.5 Å². The molecule has 7 nitrogen and oxygen atoms in total. The summed E-state index contributed by atoms with van der Waals surface area (Å²) in [7, 11) is 4.77. The Kier molecular flexibility index (Phi) is 7.49. The van der Waals surface area contributed by atoms with E-state index in [2.05, 4.69) is 0 Å². The zero-order chi connectivity index (χ0) is 19.6. The predicted molar refractivity (Wildman–Crippen MR) is 98.9 cm³/mol. The Morgan fingerprint density at radius 1 is 0.889 bits per heavy atom. The standard InChI is InChI=1S/C20H23NO6/c1-21(12-15-6-4-5-7-18(15)25-3)19(22)13-27-20(23)14-26-17-10-8-16(24-2)9-11-17/h4-11H,12-14H2,1-3H3. The molecule has 0 radical (unpaired) electrons. The van der Waals surface area contributed by atoms with E-state index in [1.54, 1.807) is 45.5 Å². The van der Waals surface area contributed by atoms with Gasteiger partial charge in [0.05, 0.1) is 14.2 Å². The van der Waals surface area contributed by atoms with Crippen LogP contribution in [-0.2, 0) is 20.9 Å². The number of likely N-dealkylation sites (N-methyl/N-ethyl adjacent to an activating group) is 1. The highest BCUT2D eigenvalue weighted by Crippen LogP contribution is 2.19. The maximum atomic E-state index is 12.1. The number of ether oxygens (including phenoxy) is 4. The smallest absolute Gasteiger partial charge is 0.344 e. The lowest BCUT2D eigenvalue weighted by molar-refractivity contribution is -0.153. The highest BCUT2D eigenvalue weighted by Gasteiger charge is 2.14. The second-order valence-electron chi connectivity index (χ2n) is 5.69. The fraction of sp³-hybridized carbons (Fsp3) is 0.300. The molecule has 0 unspecified atom stereocenters. The van der Waals surface area contributed by atoms with Gasteiger partial charge >= 0.3 is 5.97 Å². The summed E-state index contributed by atoms with van der Waals surface area (Å²) in [4.78, 5) is 25.4. The van der Waals surface area contributed by atoms with Crippen molar-refractivity contribution in [1.82, 2.24) is 4.90 Å². The van der Waals surface area contributed by atoms with Crippen LogP contribution in [0.5, 0.6) is 17.2 Å². The number of hydrogen-bond donors (Lipinski definition) is 0. The fourth-order valence-electron chi connectivity index (χ4n) is 2.29. The maximum absolute atomic E-state index is 12.1. The normalized spacial score (nSPS) is 10.0. The molecule has 0 bridgehead atoms. The molecular formula is C20H23NO6. The first kappa shape index (κ1) is 20.1. The SMILES string of the molecule is COc1ccc(OCC(=O)OCC(=O)N(C)Cc2ccccc2OC)cc1. The lowest BCUT2D eigenvalue weighted by Gasteiger charge is -2.18. The molecule has 0 aliphatic heterocycles. The van der Waals surface area contributed by atoms with E-state index in [1.807, 2.05) is 24.3 Å². The second kappa shape index (κ2) is 10.1. The predicted octanol–water partition coefficient (Wildman–Crippen LogP) is 2.28. The third-order valence-electron chi connectivity index (χ3n) is 3.80. The number of para-hydroxylation sites is 1. The van der Waals surface area contributed by atoms with Crippen LogP contribution in [0, 0.1) is 0 Å². The summed E-state index contributed by atoms with van der Waals surface area (Å²) in [5, 5.41) is 0. The van der Waals surface area contributed by atoms with Crippen molar-refractivity contribution in [2.24, 2.45) is 0 Å². The lowest BCUT2D eigenvalue weighted by Crippen LogP contribution is -2.31. The molecule has 0 aliphatic rings. The Balaban J connectivity index is 1.75. The first-order valence-corrected chi connectivity index (χ1v) is 8.32. The van der Waals surface area contributed by atoms with Crippen LogP contribution in [0.3, 0.4) is 0 Å². The molecule has 144 valence electrons. The average molecular weight is 373 g/mol. The lowest BCUT2D eigenvalue weighted by atomic mass is 10.2. The number of esters is 1. The topological polar surface area (TPSA) is 74.3 Å². The third-order valence-corrected chi connectivity index (χ3v) is 3.80. The highest BCUT2D eigenvalue weighted by molar-refractivity contribution is 5.80. The number of methoxy groups -OCH3 is 2. The number of hydrogen-bond acceptors (Lipinski definition) is 6. The molecule has 0 saturated carbocycles. The highest BCUT2D eigenvalue weighted by atomic mass is 16.6. The summed E-state index contributed by atoms with van der Waals surface area (Å²) in [5.41, 5.74) is 0.866. The van der Waals surface area contributed by atoms with Crippen LogP contribution in [0.25, 0.3) is 0 Å². The minimum absolute atomic E-state index is 0.282. The Morgan fingerprint density at radius 2 is 1.56 bits per heavy atom. The van der Waals surface area contributed by atoms with Gasteiger partial charge in [-0.2, -0.15) is 0 Å². The molecule has 2 aromatic rings. The first-order chi connectivity index (χ1) is 13.0. The van der Waals surface area contributed by atoms with Crippen molar-refractivity contribution in [2.45, 2.75) is 6.54 Å². The number of amides is 1. The molecule has 0 aromatic heterocycles. The molecule has 0 atom stereocenters. The van der Waals surface area contributed by atoms with Gasteiger partial charge in [-0.1, -0.05) is 18.2 Å². The molecule has 1 amide bonds. The van der Waals surface area contributed by atoms with Crippen molar-refractivity contribution in [2.75, 3.05) is 34.5 Å². The van der Waals surface area contributed by atoms with Gasteiger partial charge in [-0.15, -0.1) is 0 Å². The summed E-state index contributed by atoms with van der Waals surface area (Å²) < 4.78 is 20.6. The minimum Gasteiger partial charge on any atom is -0.497 e. The summed E-state index contributed by atoms with van der Waals surface area (Å²) >= 11 is 0. The number of carbonyl (C=O) groups is 2. The number of benzene rings is 2. The molecule has 27 heavy (non-hydrogen) atoms. The zero-order valence-electron chi connectivity index (χ0n) is 15.6. The van der Waals surface area contributed by atoms with Gasteiger partial charge in [-0.3, -0.25) is 4.79 Å². The molecule has 0 fully saturated rings. The number of rotatable bonds is 9. The van der Waals surface area contributed by atoms with E-state index >= 15 is 0 Å². The Labute approximate surface area is 158 Å². The third kappa shape index (κ3) is 6.22. The van der Waals surface area contributed by atoms with E-state index in [0.717, 1.165) is 5.56 Å². The maximum Gasteiger partial charge on any atom is 0.344 e. The summed E-state index contributed by atoms with van der Waals surface area (Å²) in [6.45, 7) is -0.283. The van der Waals surface area contributed by atoms with Crippen LogP contribution in [0.1, 0.15) is 5.56 Å². The monoisotopic (exact) mass is 373 g/mol. The summed E-state index contributed by atoms with van der Waals surface area (Å²) in [6, 6.07) is 14.2. The van der Waals surface area contributed by atoms with E-state index in [9.17, 15) is 9.59 Å². The van der Waals surface area contributed by atoms with Gasteiger partial charge in [0.1, 0.15) is 17.2 Å². The van der Waals surface area contributed by atoms with Gasteiger partial charge < -0.3 is 23.8 Å². The fourth-order valence-corrected chi connectivity index (χ4v) is 2.29. The molecule has 0 aliphatic carbocycles. The summed E-state index contributed by atoms with van der Waals surface area (Å²) in [5.74, 6) is 0.951. The van der Waals surface area contributed by atoms with Crippen LogP contribution in [0.15, 0.2) is 48.5 Å². The Morgan fingerprint density at radius 3 is 2.22 bits per heavy atom. The Bertz CT molecular complexity index is 759. The van der Waals surface area contributed by atoms with Gasteiger partial charge in [0.25, 0.3) is 5.91 Å². The molecular weight excluding hydrogens is 350 g/mol. The molecule has 0 heterocycles. The summed E-state index contributed by atoms with van der Waals surface area (Å²) in [6.07, 6.45) is 0. The van der Waals surface area contributed by atoms with Crippen LogP contribution in [-0.4, -0.2) is 51.3 Å². The van der Waals surface area contributed by atoms with Gasteiger partial charge in [0, 0.05) is 19.2 Å². The van der Waals surface area contributed by atoms with E-state index in [1.165, 1.54) is 4.90 Å². The molecule has 0 saturated heterocycles. The van der Waals surface area contributed by atoms with E-state index in [-0.39, 0.29) is 19.1 Å². The molecule has 2 rings (SSSR count). The average Bonchev–Trinajstić information content (AvgIpc) is 2.71. The quantitative estimate of drug-likeness (QED) is 0.628. The largest absolute Gasteiger partial charge is 0.497 e. The van der Waals surface area contributed by atoms with Crippen LogP contribution < -0.4 is 14.2 Å². The zero-order valence-corrected chi connectivity index (χ0v) is 15.6. The molecule has 2 aromatic carbocycles. The number of nitrogens with zero attached hydrogens (tertiary/aromatic N) is 1.